The summed E-state index contributed by atoms with van der Waals surface area (Å²) in [5.41, 5.74) is 5.62. The third kappa shape index (κ3) is 5.10. The van der Waals surface area contributed by atoms with Crippen LogP contribution >= 0.6 is 12.2 Å². The van der Waals surface area contributed by atoms with Gasteiger partial charge in [-0.1, -0.05) is 33.0 Å². The molecule has 18 heavy (non-hydrogen) atoms. The maximum atomic E-state index is 5.62. The zero-order valence-electron chi connectivity index (χ0n) is 11.5. The molecule has 1 rings (SSSR count). The van der Waals surface area contributed by atoms with Gasteiger partial charge in [0.1, 0.15) is 12.2 Å². The molecule has 0 aromatic carbocycles. The summed E-state index contributed by atoms with van der Waals surface area (Å²) in [6.07, 6.45) is 2.68. The minimum absolute atomic E-state index is 0.526. The molecule has 0 spiro atoms. The van der Waals surface area contributed by atoms with E-state index in [9.17, 15) is 0 Å². The van der Waals surface area contributed by atoms with Gasteiger partial charge in [-0.3, -0.25) is 4.90 Å². The van der Waals surface area contributed by atoms with Crippen molar-refractivity contribution >= 4 is 17.2 Å². The Labute approximate surface area is 114 Å². The summed E-state index contributed by atoms with van der Waals surface area (Å²) < 4.78 is 1.97. The van der Waals surface area contributed by atoms with Crippen molar-refractivity contribution in [3.05, 3.63) is 12.2 Å². The van der Waals surface area contributed by atoms with Crippen LogP contribution in [0.15, 0.2) is 6.33 Å². The molecule has 0 saturated carbocycles. The van der Waals surface area contributed by atoms with Crippen LogP contribution in [0, 0.1) is 5.92 Å². The van der Waals surface area contributed by atoms with Crippen LogP contribution in [0.5, 0.6) is 0 Å². The van der Waals surface area contributed by atoms with Crippen molar-refractivity contribution in [2.75, 3.05) is 13.1 Å². The van der Waals surface area contributed by atoms with Gasteiger partial charge in [-0.25, -0.2) is 9.67 Å². The van der Waals surface area contributed by atoms with Crippen molar-refractivity contribution in [1.29, 1.82) is 0 Å². The molecular weight excluding hydrogens is 246 g/mol. The van der Waals surface area contributed by atoms with E-state index in [0.29, 0.717) is 17.5 Å². The molecule has 0 fully saturated rings. The summed E-state index contributed by atoms with van der Waals surface area (Å²) in [6, 6.07) is 0. The van der Waals surface area contributed by atoms with Crippen molar-refractivity contribution in [2.45, 2.75) is 40.3 Å². The Morgan fingerprint density at radius 2 is 2.28 bits per heavy atom. The lowest BCUT2D eigenvalue weighted by molar-refractivity contribution is 0.286. The molecule has 5 nitrogen and oxygen atoms in total. The van der Waals surface area contributed by atoms with Gasteiger partial charge in [0.2, 0.25) is 0 Å². The number of aromatic nitrogens is 3. The average Bonchev–Trinajstić information content (AvgIpc) is 2.64. The molecule has 0 radical (unpaired) electrons. The van der Waals surface area contributed by atoms with Crippen LogP contribution < -0.4 is 5.73 Å². The third-order valence-corrected chi connectivity index (χ3v) is 2.65. The Kier molecular flexibility index (Phi) is 6.21. The molecule has 1 aromatic heterocycles. The zero-order valence-corrected chi connectivity index (χ0v) is 12.3. The lowest BCUT2D eigenvalue weighted by Gasteiger charge is -2.20. The summed E-state index contributed by atoms with van der Waals surface area (Å²) in [4.78, 5) is 7.06. The summed E-state index contributed by atoms with van der Waals surface area (Å²) in [5.74, 6) is 1.54. The number of rotatable bonds is 8. The molecule has 0 bridgehead atoms. The normalized spacial score (nSPS) is 11.4. The fourth-order valence-electron chi connectivity index (χ4n) is 1.86. The van der Waals surface area contributed by atoms with Gasteiger partial charge in [-0.2, -0.15) is 5.10 Å². The van der Waals surface area contributed by atoms with Crippen LogP contribution in [0.1, 0.15) is 33.0 Å². The van der Waals surface area contributed by atoms with Gasteiger partial charge >= 0.3 is 0 Å². The third-order valence-electron chi connectivity index (χ3n) is 2.52. The SMILES string of the molecule is CCCN(CC(N)=S)Cc1ncnn1CC(C)C. The van der Waals surface area contributed by atoms with E-state index < -0.39 is 0 Å². The Bertz CT molecular complexity index is 374. The maximum Gasteiger partial charge on any atom is 0.141 e. The van der Waals surface area contributed by atoms with E-state index in [-0.39, 0.29) is 0 Å². The number of nitrogens with two attached hydrogens (primary N) is 1. The smallest absolute Gasteiger partial charge is 0.141 e. The van der Waals surface area contributed by atoms with E-state index >= 15 is 0 Å². The molecule has 0 unspecified atom stereocenters. The van der Waals surface area contributed by atoms with Crippen molar-refractivity contribution in [2.24, 2.45) is 11.7 Å². The lowest BCUT2D eigenvalue weighted by atomic mass is 10.2. The van der Waals surface area contributed by atoms with Crippen LogP contribution in [0.4, 0.5) is 0 Å². The second-order valence-corrected chi connectivity index (χ2v) is 5.45. The molecule has 0 aliphatic heterocycles. The van der Waals surface area contributed by atoms with Gasteiger partial charge in [0.15, 0.2) is 0 Å². The topological polar surface area (TPSA) is 60.0 Å². The molecule has 6 heteroatoms. The van der Waals surface area contributed by atoms with Crippen LogP contribution in [0.25, 0.3) is 0 Å². The summed E-state index contributed by atoms with van der Waals surface area (Å²) in [7, 11) is 0. The molecule has 1 heterocycles. The van der Waals surface area contributed by atoms with Gasteiger partial charge in [0.25, 0.3) is 0 Å². The molecule has 0 saturated heterocycles. The number of thiocarbonyl (C=S) groups is 1. The first kappa shape index (κ1) is 15.0. The Morgan fingerprint density at radius 1 is 1.56 bits per heavy atom. The van der Waals surface area contributed by atoms with Crippen molar-refractivity contribution < 1.29 is 0 Å². The van der Waals surface area contributed by atoms with Gasteiger partial charge in [0.05, 0.1) is 11.5 Å². The van der Waals surface area contributed by atoms with Gasteiger partial charge < -0.3 is 5.73 Å². The summed E-state index contributed by atoms with van der Waals surface area (Å²) in [5, 5.41) is 4.26. The van der Waals surface area contributed by atoms with Gasteiger partial charge in [-0.05, 0) is 18.9 Å². The molecular formula is C12H23N5S. The minimum Gasteiger partial charge on any atom is -0.392 e. The molecule has 0 aliphatic rings. The maximum absolute atomic E-state index is 5.62. The molecule has 2 N–H and O–H groups in total. The van der Waals surface area contributed by atoms with E-state index in [1.807, 2.05) is 4.68 Å². The van der Waals surface area contributed by atoms with E-state index in [1.54, 1.807) is 6.33 Å². The van der Waals surface area contributed by atoms with E-state index in [1.165, 1.54) is 0 Å². The Morgan fingerprint density at radius 3 is 2.83 bits per heavy atom. The second-order valence-electron chi connectivity index (χ2n) is 4.93. The molecule has 0 atom stereocenters. The summed E-state index contributed by atoms with van der Waals surface area (Å²) in [6.45, 7) is 9.73. The van der Waals surface area contributed by atoms with E-state index in [0.717, 1.165) is 31.9 Å². The predicted octanol–water partition coefficient (Wildman–Crippen LogP) is 1.43. The zero-order chi connectivity index (χ0) is 13.5. The molecule has 102 valence electrons. The van der Waals surface area contributed by atoms with Crippen molar-refractivity contribution in [3.63, 3.8) is 0 Å². The van der Waals surface area contributed by atoms with E-state index in [2.05, 4.69) is 35.8 Å². The fourth-order valence-corrected chi connectivity index (χ4v) is 2.04. The Hall–Kier alpha value is -1.01. The quantitative estimate of drug-likeness (QED) is 0.724. The molecule has 1 aromatic rings. The average molecular weight is 269 g/mol. The van der Waals surface area contributed by atoms with Crippen LogP contribution in [-0.4, -0.2) is 37.7 Å². The van der Waals surface area contributed by atoms with Crippen molar-refractivity contribution in [1.82, 2.24) is 19.7 Å². The number of hydrogen-bond acceptors (Lipinski definition) is 4. The minimum atomic E-state index is 0.526. The highest BCUT2D eigenvalue weighted by atomic mass is 32.1. The highest BCUT2D eigenvalue weighted by Crippen LogP contribution is 2.05. The predicted molar refractivity (Wildman–Crippen MR) is 77.2 cm³/mol. The van der Waals surface area contributed by atoms with Crippen molar-refractivity contribution in [3.8, 4) is 0 Å². The number of hydrogen-bond donors (Lipinski definition) is 1. The first-order valence-electron chi connectivity index (χ1n) is 6.40. The highest BCUT2D eigenvalue weighted by molar-refractivity contribution is 7.80. The van der Waals surface area contributed by atoms with Gasteiger partial charge in [0, 0.05) is 13.1 Å². The monoisotopic (exact) mass is 269 g/mol. The van der Waals surface area contributed by atoms with Gasteiger partial charge in [-0.15, -0.1) is 0 Å². The highest BCUT2D eigenvalue weighted by Gasteiger charge is 2.12. The first-order valence-corrected chi connectivity index (χ1v) is 6.81. The van der Waals surface area contributed by atoms with Crippen LogP contribution in [0.2, 0.25) is 0 Å². The Balaban J connectivity index is 2.67. The lowest BCUT2D eigenvalue weighted by Crippen LogP contribution is -2.34. The molecule has 0 amide bonds. The second kappa shape index (κ2) is 7.43. The standard InChI is InChI=1S/C12H23N5S/c1-4-5-16(7-11(13)18)8-12-14-9-15-17(12)6-10(2)3/h9-10H,4-8H2,1-3H3,(H2,13,18). The largest absolute Gasteiger partial charge is 0.392 e. The summed E-state index contributed by atoms with van der Waals surface area (Å²) >= 11 is 4.98. The number of nitrogens with zero attached hydrogens (tertiary/aromatic N) is 4. The molecule has 0 aliphatic carbocycles. The fraction of sp³-hybridized carbons (Fsp3) is 0.750. The van der Waals surface area contributed by atoms with Crippen LogP contribution in [0.3, 0.4) is 0 Å². The van der Waals surface area contributed by atoms with E-state index in [4.69, 9.17) is 18.0 Å². The first-order chi connectivity index (χ1) is 8.52. The van der Waals surface area contributed by atoms with Crippen LogP contribution in [-0.2, 0) is 13.1 Å².